The van der Waals surface area contributed by atoms with Gasteiger partial charge in [-0.3, -0.25) is 4.99 Å². The van der Waals surface area contributed by atoms with E-state index >= 15 is 0 Å². The van der Waals surface area contributed by atoms with Gasteiger partial charge in [0.25, 0.3) is 0 Å². The van der Waals surface area contributed by atoms with E-state index in [2.05, 4.69) is 18.8 Å². The average molecular weight is 350 g/mol. The molecule has 2 nitrogen and oxygen atoms in total. The largest absolute Gasteiger partial charge is 0.384 e. The van der Waals surface area contributed by atoms with Gasteiger partial charge in [0.1, 0.15) is 5.60 Å². The fourth-order valence-corrected chi connectivity index (χ4v) is 1.82. The smallest absolute Gasteiger partial charge is 0.102 e. The summed E-state index contributed by atoms with van der Waals surface area (Å²) in [5, 5.41) is 10.4. The first-order chi connectivity index (χ1) is 6.46. The van der Waals surface area contributed by atoms with Crippen molar-refractivity contribution in [3.8, 4) is 0 Å². The maximum Gasteiger partial charge on any atom is 0.102 e. The maximum atomic E-state index is 10.4. The van der Waals surface area contributed by atoms with E-state index in [-0.39, 0.29) is 46.4 Å². The van der Waals surface area contributed by atoms with Crippen molar-refractivity contribution in [2.45, 2.75) is 71.9 Å². The molecule has 0 saturated heterocycles. The molecule has 0 aromatic carbocycles. The molecule has 0 fully saturated rings. The minimum absolute atomic E-state index is 0. The first kappa shape index (κ1) is 18.3. The van der Waals surface area contributed by atoms with Crippen LogP contribution in [0.5, 0.6) is 0 Å². The summed E-state index contributed by atoms with van der Waals surface area (Å²) in [6.07, 6.45) is 3.65. The molecule has 3 heteroatoms. The first-order valence-corrected chi connectivity index (χ1v) is 5.73. The van der Waals surface area contributed by atoms with Gasteiger partial charge >= 0.3 is 0 Å². The number of aliphatic imine (C=N–C) groups is 1. The van der Waals surface area contributed by atoms with Crippen molar-refractivity contribution in [1.29, 1.82) is 0 Å². The molecule has 0 amide bonds. The van der Waals surface area contributed by atoms with E-state index < -0.39 is 5.60 Å². The van der Waals surface area contributed by atoms with E-state index in [1.54, 1.807) is 0 Å². The van der Waals surface area contributed by atoms with Gasteiger partial charge in [-0.05, 0) is 33.6 Å². The van der Waals surface area contributed by atoms with Crippen molar-refractivity contribution in [1.82, 2.24) is 0 Å². The SMILES string of the molecule is CCCC(O)(CCC)C(C)=NC(C)C.[Sm]. The van der Waals surface area contributed by atoms with Gasteiger partial charge in [0.15, 0.2) is 0 Å². The van der Waals surface area contributed by atoms with Crippen molar-refractivity contribution in [2.75, 3.05) is 0 Å². The van der Waals surface area contributed by atoms with E-state index in [4.69, 9.17) is 0 Å². The number of hydrogen-bond acceptors (Lipinski definition) is 2. The Morgan fingerprint density at radius 1 is 1.20 bits per heavy atom. The van der Waals surface area contributed by atoms with Crippen molar-refractivity contribution in [3.05, 3.63) is 0 Å². The molecule has 0 saturated carbocycles. The zero-order valence-corrected chi connectivity index (χ0v) is 13.3. The Kier molecular flexibility index (Phi) is 11.1. The van der Waals surface area contributed by atoms with Crippen LogP contribution in [0, 0.1) is 40.4 Å². The second kappa shape index (κ2) is 9.05. The third-order valence-electron chi connectivity index (χ3n) is 2.45. The minimum Gasteiger partial charge on any atom is -0.384 e. The zero-order chi connectivity index (χ0) is 11.2. The summed E-state index contributed by atoms with van der Waals surface area (Å²) in [6, 6.07) is 0.273. The molecule has 0 aliphatic carbocycles. The van der Waals surface area contributed by atoms with Crippen LogP contribution in [0.15, 0.2) is 4.99 Å². The Balaban J connectivity index is 0. The Bertz CT molecular complexity index is 184. The van der Waals surface area contributed by atoms with E-state index in [9.17, 15) is 5.11 Å². The summed E-state index contributed by atoms with van der Waals surface area (Å²) < 4.78 is 0. The van der Waals surface area contributed by atoms with Gasteiger partial charge in [-0.2, -0.15) is 0 Å². The van der Waals surface area contributed by atoms with Crippen LogP contribution in [0.3, 0.4) is 0 Å². The first-order valence-electron chi connectivity index (χ1n) is 5.73. The summed E-state index contributed by atoms with van der Waals surface area (Å²) in [5.41, 5.74) is 0.240. The summed E-state index contributed by atoms with van der Waals surface area (Å²) in [6.45, 7) is 10.2. The van der Waals surface area contributed by atoms with Crippen molar-refractivity contribution < 1.29 is 45.5 Å². The molecular weight excluding hydrogens is 324 g/mol. The van der Waals surface area contributed by atoms with Gasteiger partial charge in [-0.25, -0.2) is 0 Å². The standard InChI is InChI=1S/C12H25NO.Sm/c1-6-8-12(14,9-7-2)11(5)13-10(3)4;/h10,14H,6-9H2,1-5H3;. The van der Waals surface area contributed by atoms with Crippen molar-refractivity contribution in [3.63, 3.8) is 0 Å². The Morgan fingerprint density at radius 3 is 1.87 bits per heavy atom. The predicted molar refractivity (Wildman–Crippen MR) is 63.0 cm³/mol. The molecule has 0 bridgehead atoms. The molecular formula is C12H25NOSm. The monoisotopic (exact) mass is 351 g/mol. The van der Waals surface area contributed by atoms with Crippen LogP contribution >= 0.6 is 0 Å². The van der Waals surface area contributed by atoms with Gasteiger partial charge in [0.2, 0.25) is 0 Å². The van der Waals surface area contributed by atoms with Crippen LogP contribution in [0.25, 0.3) is 0 Å². The van der Waals surface area contributed by atoms with Gasteiger partial charge in [-0.15, -0.1) is 0 Å². The Hall–Kier alpha value is 0.968. The van der Waals surface area contributed by atoms with Crippen molar-refractivity contribution in [2.24, 2.45) is 4.99 Å². The number of rotatable bonds is 6. The normalized spacial score (nSPS) is 12.9. The second-order valence-corrected chi connectivity index (χ2v) is 4.34. The molecule has 1 N–H and O–H groups in total. The minimum atomic E-state index is -0.659. The Labute approximate surface area is 127 Å². The molecule has 0 spiro atoms. The van der Waals surface area contributed by atoms with Crippen LogP contribution in [0.1, 0.15) is 60.3 Å². The molecule has 0 unspecified atom stereocenters. The van der Waals surface area contributed by atoms with Gasteiger partial charge in [-0.1, -0.05) is 26.7 Å². The summed E-state index contributed by atoms with van der Waals surface area (Å²) in [5.74, 6) is 0. The third-order valence-corrected chi connectivity index (χ3v) is 2.45. The quantitative estimate of drug-likeness (QED) is 0.734. The maximum absolute atomic E-state index is 10.4. The van der Waals surface area contributed by atoms with Gasteiger partial charge < -0.3 is 5.11 Å². The van der Waals surface area contributed by atoms with Crippen LogP contribution in [-0.2, 0) is 0 Å². The summed E-state index contributed by atoms with van der Waals surface area (Å²) in [7, 11) is 0. The predicted octanol–water partition coefficient (Wildman–Crippen LogP) is 3.19. The molecule has 0 aromatic rings. The van der Waals surface area contributed by atoms with Gasteiger partial charge in [0, 0.05) is 52.1 Å². The van der Waals surface area contributed by atoms with Gasteiger partial charge in [0.05, 0.1) is 0 Å². The molecule has 0 aliphatic heterocycles. The van der Waals surface area contributed by atoms with E-state index in [0.29, 0.717) is 0 Å². The topological polar surface area (TPSA) is 32.6 Å². The molecule has 90 valence electrons. The fraction of sp³-hybridized carbons (Fsp3) is 0.917. The summed E-state index contributed by atoms with van der Waals surface area (Å²) >= 11 is 0. The number of nitrogens with zero attached hydrogens (tertiary/aromatic N) is 1. The van der Waals surface area contributed by atoms with E-state index in [1.807, 2.05) is 20.8 Å². The molecule has 0 radical (unpaired) electrons. The van der Waals surface area contributed by atoms with E-state index in [1.165, 1.54) is 0 Å². The third kappa shape index (κ3) is 7.00. The summed E-state index contributed by atoms with van der Waals surface area (Å²) in [4.78, 5) is 4.45. The molecule has 0 atom stereocenters. The molecule has 0 aliphatic rings. The van der Waals surface area contributed by atoms with Crippen LogP contribution < -0.4 is 0 Å². The van der Waals surface area contributed by atoms with Crippen LogP contribution in [0.2, 0.25) is 0 Å². The second-order valence-electron chi connectivity index (χ2n) is 4.34. The average Bonchev–Trinajstić information content (AvgIpc) is 2.03. The van der Waals surface area contributed by atoms with Crippen LogP contribution in [-0.4, -0.2) is 22.5 Å². The molecule has 0 rings (SSSR count). The van der Waals surface area contributed by atoms with Crippen LogP contribution in [0.4, 0.5) is 0 Å². The molecule has 15 heavy (non-hydrogen) atoms. The molecule has 0 heterocycles. The van der Waals surface area contributed by atoms with E-state index in [0.717, 1.165) is 31.4 Å². The Morgan fingerprint density at radius 2 is 1.60 bits per heavy atom. The number of aliphatic hydroxyl groups is 1. The van der Waals surface area contributed by atoms with Crippen molar-refractivity contribution >= 4 is 5.71 Å². The fourth-order valence-electron chi connectivity index (χ4n) is 1.82. The molecule has 0 aromatic heterocycles. The number of hydrogen-bond donors (Lipinski definition) is 1. The zero-order valence-electron chi connectivity index (χ0n) is 10.7.